The minimum atomic E-state index is -0.262. The Balaban J connectivity index is 1.91. The van der Waals surface area contributed by atoms with Gasteiger partial charge in [0.1, 0.15) is 0 Å². The first-order valence-electron chi connectivity index (χ1n) is 8.32. The normalized spacial score (nSPS) is 10.6. The number of carbonyl (C=O) groups excluding carboxylic acids is 2. The van der Waals surface area contributed by atoms with Crippen LogP contribution in [0, 0.1) is 0 Å². The molecule has 26 heavy (non-hydrogen) atoms. The van der Waals surface area contributed by atoms with Crippen molar-refractivity contribution in [3.05, 3.63) is 40.3 Å². The minimum absolute atomic E-state index is 0.0954. The van der Waals surface area contributed by atoms with Gasteiger partial charge in [0.05, 0.1) is 5.75 Å². The monoisotopic (exact) mass is 377 g/mol. The van der Waals surface area contributed by atoms with Crippen LogP contribution in [0.2, 0.25) is 0 Å². The third-order valence-electron chi connectivity index (χ3n) is 3.61. The third kappa shape index (κ3) is 5.22. The number of anilines is 1. The molecule has 0 aliphatic rings. The topological polar surface area (TPSA) is 100 Å². The molecule has 140 valence electrons. The lowest BCUT2D eigenvalue weighted by Gasteiger charge is -2.11. The average molecular weight is 377 g/mol. The zero-order valence-corrected chi connectivity index (χ0v) is 15.9. The number of hydrogen-bond acceptors (Lipinski definition) is 5. The molecule has 1 heterocycles. The number of carbonyl (C=O) groups is 2. The van der Waals surface area contributed by atoms with Gasteiger partial charge in [-0.15, -0.1) is 5.10 Å². The molecule has 0 aliphatic heterocycles. The standard InChI is InChI=1S/C17H23N5O3S/c1-4-5-10-22-16(25)19-20-17(22)26-11-14(23)18-13-8-6-12(7-9-13)15(24)21(2)3/h6-9H,4-5,10-11H2,1-3H3,(H,18,23)(H,19,25). The summed E-state index contributed by atoms with van der Waals surface area (Å²) in [5, 5.41) is 9.65. The van der Waals surface area contributed by atoms with Crippen LogP contribution in [0.1, 0.15) is 30.1 Å². The summed E-state index contributed by atoms with van der Waals surface area (Å²) in [4.78, 5) is 37.2. The van der Waals surface area contributed by atoms with Crippen LogP contribution >= 0.6 is 11.8 Å². The molecule has 1 aromatic heterocycles. The van der Waals surface area contributed by atoms with Gasteiger partial charge < -0.3 is 10.2 Å². The van der Waals surface area contributed by atoms with Crippen LogP contribution in [-0.4, -0.2) is 51.3 Å². The fourth-order valence-electron chi connectivity index (χ4n) is 2.21. The summed E-state index contributed by atoms with van der Waals surface area (Å²) < 4.78 is 1.54. The van der Waals surface area contributed by atoms with Crippen molar-refractivity contribution in [2.24, 2.45) is 0 Å². The second-order valence-electron chi connectivity index (χ2n) is 5.93. The van der Waals surface area contributed by atoms with Crippen molar-refractivity contribution in [2.45, 2.75) is 31.5 Å². The summed E-state index contributed by atoms with van der Waals surface area (Å²) in [5.74, 6) is -0.171. The van der Waals surface area contributed by atoms with E-state index < -0.39 is 0 Å². The highest BCUT2D eigenvalue weighted by Gasteiger charge is 2.12. The number of unbranched alkanes of at least 4 members (excludes halogenated alkanes) is 1. The Hall–Kier alpha value is -2.55. The molecule has 9 heteroatoms. The predicted molar refractivity (Wildman–Crippen MR) is 102 cm³/mol. The van der Waals surface area contributed by atoms with Gasteiger partial charge in [0.15, 0.2) is 5.16 Å². The number of hydrogen-bond donors (Lipinski definition) is 2. The molecule has 8 nitrogen and oxygen atoms in total. The maximum Gasteiger partial charge on any atom is 0.343 e. The van der Waals surface area contributed by atoms with Crippen molar-refractivity contribution in [1.29, 1.82) is 0 Å². The first kappa shape index (κ1) is 19.8. The first-order valence-corrected chi connectivity index (χ1v) is 9.30. The van der Waals surface area contributed by atoms with E-state index in [-0.39, 0.29) is 23.3 Å². The molecule has 0 atom stereocenters. The van der Waals surface area contributed by atoms with E-state index in [4.69, 9.17) is 0 Å². The maximum absolute atomic E-state index is 12.1. The smallest absolute Gasteiger partial charge is 0.343 e. The van der Waals surface area contributed by atoms with Gasteiger partial charge in [-0.05, 0) is 30.7 Å². The van der Waals surface area contributed by atoms with Crippen molar-refractivity contribution in [2.75, 3.05) is 25.2 Å². The van der Waals surface area contributed by atoms with Crippen LogP contribution in [0.15, 0.2) is 34.2 Å². The second-order valence-corrected chi connectivity index (χ2v) is 6.87. The molecule has 0 saturated carbocycles. The number of aromatic nitrogens is 3. The van der Waals surface area contributed by atoms with Crippen molar-refractivity contribution in [3.63, 3.8) is 0 Å². The van der Waals surface area contributed by atoms with E-state index in [1.807, 2.05) is 6.92 Å². The molecule has 0 fully saturated rings. The summed E-state index contributed by atoms with van der Waals surface area (Å²) in [6.07, 6.45) is 1.84. The van der Waals surface area contributed by atoms with Gasteiger partial charge in [0, 0.05) is 31.9 Å². The predicted octanol–water partition coefficient (Wildman–Crippen LogP) is 1.80. The quantitative estimate of drug-likeness (QED) is 0.684. The third-order valence-corrected chi connectivity index (χ3v) is 4.59. The van der Waals surface area contributed by atoms with Crippen molar-refractivity contribution < 1.29 is 9.59 Å². The van der Waals surface area contributed by atoms with Gasteiger partial charge in [-0.1, -0.05) is 25.1 Å². The molecule has 0 radical (unpaired) electrons. The number of aromatic amines is 1. The highest BCUT2D eigenvalue weighted by Crippen LogP contribution is 2.15. The summed E-state index contributed by atoms with van der Waals surface area (Å²) >= 11 is 1.21. The Morgan fingerprint density at radius 1 is 1.27 bits per heavy atom. The Kier molecular flexibility index (Phi) is 7.02. The molecule has 2 amide bonds. The summed E-state index contributed by atoms with van der Waals surface area (Å²) in [5.41, 5.74) is 0.901. The van der Waals surface area contributed by atoms with Crippen molar-refractivity contribution >= 4 is 29.3 Å². The fourth-order valence-corrected chi connectivity index (χ4v) is 2.98. The zero-order valence-electron chi connectivity index (χ0n) is 15.1. The molecule has 0 spiro atoms. The Morgan fingerprint density at radius 3 is 2.58 bits per heavy atom. The summed E-state index contributed by atoms with van der Waals surface area (Å²) in [7, 11) is 3.37. The van der Waals surface area contributed by atoms with E-state index in [9.17, 15) is 14.4 Å². The summed E-state index contributed by atoms with van der Waals surface area (Å²) in [6, 6.07) is 6.71. The zero-order chi connectivity index (χ0) is 19.1. The van der Waals surface area contributed by atoms with E-state index in [1.54, 1.807) is 42.9 Å². The van der Waals surface area contributed by atoms with Crippen molar-refractivity contribution in [1.82, 2.24) is 19.7 Å². The number of nitrogens with one attached hydrogen (secondary N) is 2. The van der Waals surface area contributed by atoms with E-state index in [0.717, 1.165) is 12.8 Å². The minimum Gasteiger partial charge on any atom is -0.345 e. The molecule has 2 rings (SSSR count). The van der Waals surface area contributed by atoms with Crippen LogP contribution in [0.4, 0.5) is 5.69 Å². The second kappa shape index (κ2) is 9.23. The number of H-pyrrole nitrogens is 1. The van der Waals surface area contributed by atoms with Gasteiger partial charge in [0.25, 0.3) is 5.91 Å². The highest BCUT2D eigenvalue weighted by atomic mass is 32.2. The van der Waals surface area contributed by atoms with Gasteiger partial charge in [-0.2, -0.15) is 0 Å². The van der Waals surface area contributed by atoms with Gasteiger partial charge in [-0.3, -0.25) is 14.2 Å². The van der Waals surface area contributed by atoms with Gasteiger partial charge in [0.2, 0.25) is 5.91 Å². The van der Waals surface area contributed by atoms with Crippen LogP contribution in [0.5, 0.6) is 0 Å². The van der Waals surface area contributed by atoms with Crippen LogP contribution in [-0.2, 0) is 11.3 Å². The Morgan fingerprint density at radius 2 is 1.96 bits per heavy atom. The maximum atomic E-state index is 12.1. The molecule has 0 aliphatic carbocycles. The number of nitrogens with zero attached hydrogens (tertiary/aromatic N) is 3. The SMILES string of the molecule is CCCCn1c(SCC(=O)Nc2ccc(C(=O)N(C)C)cc2)n[nH]c1=O. The average Bonchev–Trinajstić information content (AvgIpc) is 2.98. The lowest BCUT2D eigenvalue weighted by Crippen LogP contribution is -2.21. The summed E-state index contributed by atoms with van der Waals surface area (Å²) in [6.45, 7) is 2.62. The molecule has 1 aromatic carbocycles. The van der Waals surface area contributed by atoms with Crippen LogP contribution in [0.3, 0.4) is 0 Å². The first-order chi connectivity index (χ1) is 12.4. The molecular formula is C17H23N5O3S. The Labute approximate surface area is 156 Å². The van der Waals surface area contributed by atoms with Crippen LogP contribution < -0.4 is 11.0 Å². The lowest BCUT2D eigenvalue weighted by atomic mass is 10.2. The number of rotatable bonds is 8. The largest absolute Gasteiger partial charge is 0.345 e. The van der Waals surface area contributed by atoms with E-state index in [2.05, 4.69) is 15.5 Å². The number of benzene rings is 1. The number of amides is 2. The molecule has 2 N–H and O–H groups in total. The van der Waals surface area contributed by atoms with Crippen molar-refractivity contribution in [3.8, 4) is 0 Å². The van der Waals surface area contributed by atoms with E-state index in [0.29, 0.717) is 23.0 Å². The Bertz CT molecular complexity index is 811. The molecule has 0 unspecified atom stereocenters. The fraction of sp³-hybridized carbons (Fsp3) is 0.412. The lowest BCUT2D eigenvalue weighted by molar-refractivity contribution is -0.113. The van der Waals surface area contributed by atoms with E-state index >= 15 is 0 Å². The molecular weight excluding hydrogens is 354 g/mol. The number of thioether (sulfide) groups is 1. The molecule has 2 aromatic rings. The van der Waals surface area contributed by atoms with Gasteiger partial charge >= 0.3 is 5.69 Å². The van der Waals surface area contributed by atoms with E-state index in [1.165, 1.54) is 16.7 Å². The molecule has 0 saturated heterocycles. The van der Waals surface area contributed by atoms with Crippen LogP contribution in [0.25, 0.3) is 0 Å². The van der Waals surface area contributed by atoms with Gasteiger partial charge in [-0.25, -0.2) is 9.89 Å². The highest BCUT2D eigenvalue weighted by molar-refractivity contribution is 7.99. The molecule has 0 bridgehead atoms.